The van der Waals surface area contributed by atoms with Gasteiger partial charge in [-0.3, -0.25) is 0 Å². The number of piperidine rings is 1. The smallest absolute Gasteiger partial charge is 0.147 e. The van der Waals surface area contributed by atoms with Crippen LogP contribution in [-0.2, 0) is 0 Å². The van der Waals surface area contributed by atoms with Gasteiger partial charge in [0.2, 0.25) is 0 Å². The van der Waals surface area contributed by atoms with E-state index in [2.05, 4.69) is 11.0 Å². The number of anilines is 1. The topological polar surface area (TPSA) is 49.1 Å². The normalized spacial score (nSPS) is 15.0. The molecular weight excluding hydrogens is 262 g/mol. The number of pyridine rings is 1. The zero-order chi connectivity index (χ0) is 14.7. The Kier molecular flexibility index (Phi) is 3.92. The summed E-state index contributed by atoms with van der Waals surface area (Å²) in [7, 11) is 0. The highest BCUT2D eigenvalue weighted by Gasteiger charge is 2.17. The van der Waals surface area contributed by atoms with Crippen molar-refractivity contribution in [2.24, 2.45) is 0 Å². The lowest BCUT2D eigenvalue weighted by atomic mass is 10.1. The van der Waals surface area contributed by atoms with Gasteiger partial charge in [0.25, 0.3) is 0 Å². The van der Waals surface area contributed by atoms with Crippen LogP contribution in [0.2, 0.25) is 0 Å². The molecule has 4 nitrogen and oxygen atoms in total. The molecule has 1 aromatic heterocycles. The summed E-state index contributed by atoms with van der Waals surface area (Å²) < 4.78 is 5.51. The molecule has 0 unspecified atom stereocenters. The first-order valence-electron chi connectivity index (χ1n) is 7.54. The number of hydrogen-bond acceptors (Lipinski definition) is 4. The molecule has 0 aliphatic carbocycles. The molecule has 21 heavy (non-hydrogen) atoms. The fraction of sp³-hybridized carbons (Fsp3) is 0.412. The number of nitriles is 1. The predicted octanol–water partition coefficient (Wildman–Crippen LogP) is 3.50. The maximum atomic E-state index is 9.43. The van der Waals surface area contributed by atoms with E-state index < -0.39 is 0 Å². The van der Waals surface area contributed by atoms with Crippen molar-refractivity contribution >= 4 is 16.7 Å². The van der Waals surface area contributed by atoms with Crippen LogP contribution in [0, 0.1) is 11.3 Å². The van der Waals surface area contributed by atoms with E-state index in [0.717, 1.165) is 35.6 Å². The second kappa shape index (κ2) is 6.01. The Morgan fingerprint density at radius 2 is 2.05 bits per heavy atom. The molecule has 1 aromatic carbocycles. The van der Waals surface area contributed by atoms with Crippen LogP contribution in [0.5, 0.6) is 5.75 Å². The van der Waals surface area contributed by atoms with E-state index in [4.69, 9.17) is 9.72 Å². The first-order chi connectivity index (χ1) is 10.3. The molecule has 1 saturated heterocycles. The van der Waals surface area contributed by atoms with Crippen molar-refractivity contribution in [3.63, 3.8) is 0 Å². The summed E-state index contributed by atoms with van der Waals surface area (Å²) in [5, 5.41) is 10.4. The third-order valence-electron chi connectivity index (χ3n) is 3.85. The molecule has 0 spiro atoms. The molecule has 0 bridgehead atoms. The summed E-state index contributed by atoms with van der Waals surface area (Å²) in [5.74, 6) is 1.65. The third kappa shape index (κ3) is 2.78. The minimum atomic E-state index is 0.635. The molecule has 0 saturated carbocycles. The van der Waals surface area contributed by atoms with Crippen molar-refractivity contribution in [2.45, 2.75) is 26.2 Å². The number of rotatable bonds is 3. The highest BCUT2D eigenvalue weighted by atomic mass is 16.5. The van der Waals surface area contributed by atoms with Gasteiger partial charge in [-0.1, -0.05) is 0 Å². The van der Waals surface area contributed by atoms with Gasteiger partial charge in [-0.2, -0.15) is 5.26 Å². The monoisotopic (exact) mass is 281 g/mol. The molecule has 4 heteroatoms. The van der Waals surface area contributed by atoms with Crippen LogP contribution >= 0.6 is 0 Å². The van der Waals surface area contributed by atoms with Gasteiger partial charge in [-0.05, 0) is 50.5 Å². The maximum absolute atomic E-state index is 9.43. The number of aromatic nitrogens is 1. The highest BCUT2D eigenvalue weighted by Crippen LogP contribution is 2.27. The number of ether oxygens (including phenoxy) is 1. The predicted molar refractivity (Wildman–Crippen MR) is 83.7 cm³/mol. The molecule has 2 aromatic rings. The Labute approximate surface area is 125 Å². The van der Waals surface area contributed by atoms with Gasteiger partial charge in [0, 0.05) is 18.5 Å². The number of nitrogens with zero attached hydrogens (tertiary/aromatic N) is 3. The molecule has 1 aliphatic rings. The van der Waals surface area contributed by atoms with Gasteiger partial charge in [-0.15, -0.1) is 0 Å². The number of fused-ring (bicyclic) bond motifs is 1. The number of benzene rings is 1. The third-order valence-corrected chi connectivity index (χ3v) is 3.85. The van der Waals surface area contributed by atoms with Crippen molar-refractivity contribution < 1.29 is 4.74 Å². The Morgan fingerprint density at radius 3 is 2.76 bits per heavy atom. The van der Waals surface area contributed by atoms with Gasteiger partial charge in [-0.25, -0.2) is 4.98 Å². The fourth-order valence-corrected chi connectivity index (χ4v) is 2.83. The largest absolute Gasteiger partial charge is 0.494 e. The maximum Gasteiger partial charge on any atom is 0.147 e. The van der Waals surface area contributed by atoms with Gasteiger partial charge in [0.05, 0.1) is 17.7 Å². The summed E-state index contributed by atoms with van der Waals surface area (Å²) in [6, 6.07) is 10.1. The van der Waals surface area contributed by atoms with Crippen LogP contribution in [-0.4, -0.2) is 24.7 Å². The second-order valence-corrected chi connectivity index (χ2v) is 5.31. The van der Waals surface area contributed by atoms with E-state index in [-0.39, 0.29) is 0 Å². The lowest BCUT2D eigenvalue weighted by Gasteiger charge is -2.28. The lowest BCUT2D eigenvalue weighted by Crippen LogP contribution is -2.30. The van der Waals surface area contributed by atoms with E-state index in [1.807, 2.05) is 31.2 Å². The van der Waals surface area contributed by atoms with Gasteiger partial charge < -0.3 is 9.64 Å². The van der Waals surface area contributed by atoms with Gasteiger partial charge in [0.1, 0.15) is 17.6 Å². The van der Waals surface area contributed by atoms with E-state index >= 15 is 0 Å². The molecule has 1 aliphatic heterocycles. The Hall–Kier alpha value is -2.28. The second-order valence-electron chi connectivity index (χ2n) is 5.31. The molecule has 2 heterocycles. The molecule has 0 N–H and O–H groups in total. The van der Waals surface area contributed by atoms with Crippen LogP contribution in [0.4, 0.5) is 5.82 Å². The van der Waals surface area contributed by atoms with Crippen molar-refractivity contribution in [3.8, 4) is 11.8 Å². The zero-order valence-electron chi connectivity index (χ0n) is 12.3. The van der Waals surface area contributed by atoms with Crippen molar-refractivity contribution in [1.82, 2.24) is 4.98 Å². The zero-order valence-corrected chi connectivity index (χ0v) is 12.3. The minimum absolute atomic E-state index is 0.635. The van der Waals surface area contributed by atoms with Gasteiger partial charge in [0.15, 0.2) is 0 Å². The quantitative estimate of drug-likeness (QED) is 0.864. The average molecular weight is 281 g/mol. The summed E-state index contributed by atoms with van der Waals surface area (Å²) in [5.41, 5.74) is 1.57. The van der Waals surface area contributed by atoms with Crippen LogP contribution in [0.15, 0.2) is 24.3 Å². The SMILES string of the molecule is CCOc1ccc2nc(N3CCCCC3)c(C#N)cc2c1. The molecule has 0 radical (unpaired) electrons. The van der Waals surface area contributed by atoms with E-state index in [0.29, 0.717) is 12.2 Å². The Balaban J connectivity index is 2.04. The van der Waals surface area contributed by atoms with E-state index in [1.54, 1.807) is 0 Å². The Morgan fingerprint density at radius 1 is 1.24 bits per heavy atom. The average Bonchev–Trinajstić information content (AvgIpc) is 2.54. The molecule has 0 atom stereocenters. The summed E-state index contributed by atoms with van der Waals surface area (Å²) >= 11 is 0. The summed E-state index contributed by atoms with van der Waals surface area (Å²) in [6.45, 7) is 4.58. The van der Waals surface area contributed by atoms with Crippen LogP contribution in [0.25, 0.3) is 10.9 Å². The molecular formula is C17H19N3O. The van der Waals surface area contributed by atoms with E-state index in [9.17, 15) is 5.26 Å². The first-order valence-corrected chi connectivity index (χ1v) is 7.54. The molecule has 0 amide bonds. The summed E-state index contributed by atoms with van der Waals surface area (Å²) in [4.78, 5) is 6.95. The lowest BCUT2D eigenvalue weighted by molar-refractivity contribution is 0.340. The Bertz CT molecular complexity index is 684. The summed E-state index contributed by atoms with van der Waals surface area (Å²) in [6.07, 6.45) is 3.62. The van der Waals surface area contributed by atoms with Crippen LogP contribution < -0.4 is 9.64 Å². The molecule has 108 valence electrons. The highest BCUT2D eigenvalue weighted by molar-refractivity contribution is 5.84. The van der Waals surface area contributed by atoms with Gasteiger partial charge >= 0.3 is 0 Å². The fourth-order valence-electron chi connectivity index (χ4n) is 2.83. The molecule has 3 rings (SSSR count). The van der Waals surface area contributed by atoms with Crippen molar-refractivity contribution in [3.05, 3.63) is 29.8 Å². The number of hydrogen-bond donors (Lipinski definition) is 0. The van der Waals surface area contributed by atoms with Crippen LogP contribution in [0.1, 0.15) is 31.7 Å². The first kappa shape index (κ1) is 13.7. The minimum Gasteiger partial charge on any atom is -0.494 e. The van der Waals surface area contributed by atoms with Crippen molar-refractivity contribution in [2.75, 3.05) is 24.6 Å². The van der Waals surface area contributed by atoms with E-state index in [1.165, 1.54) is 19.3 Å². The standard InChI is InChI=1S/C17H19N3O/c1-2-21-15-6-7-16-13(11-15)10-14(12-18)17(19-16)20-8-4-3-5-9-20/h6-7,10-11H,2-5,8-9H2,1H3. The van der Waals surface area contributed by atoms with Crippen molar-refractivity contribution in [1.29, 1.82) is 5.26 Å². The van der Waals surface area contributed by atoms with Crippen LogP contribution in [0.3, 0.4) is 0 Å². The molecule has 1 fully saturated rings.